The first-order chi connectivity index (χ1) is 16.1. The number of carbonyl (C=O) groups is 1. The summed E-state index contributed by atoms with van der Waals surface area (Å²) in [6.07, 6.45) is -5.69. The number of anilines is 1. The number of aryl methyl sites for hydroxylation is 1. The van der Waals surface area contributed by atoms with Gasteiger partial charge >= 0.3 is 6.18 Å². The summed E-state index contributed by atoms with van der Waals surface area (Å²) in [6, 6.07) is 17.4. The lowest BCUT2D eigenvalue weighted by atomic mass is 10.1. The highest BCUT2D eigenvalue weighted by molar-refractivity contribution is 7.92. The Hall–Kier alpha value is -3.53. The van der Waals surface area contributed by atoms with Gasteiger partial charge in [0.2, 0.25) is 0 Å². The number of hydrogen-bond donors (Lipinski definition) is 1. The van der Waals surface area contributed by atoms with Crippen molar-refractivity contribution < 1.29 is 31.1 Å². The maximum Gasteiger partial charge on any atom is 0.416 e. The van der Waals surface area contributed by atoms with Gasteiger partial charge in [0.25, 0.3) is 15.9 Å². The summed E-state index contributed by atoms with van der Waals surface area (Å²) in [7, 11) is -4.00. The molecule has 1 amide bonds. The standard InChI is InChI=1S/C24H21F3N2O4S/c1-16-9-11-19(12-10-16)34(31,32)29-15-22(33-21-8-3-2-7-20(21)29)23(30)28-14-17-5-4-6-18(13-17)24(25,26)27/h2-13,22H,14-15H2,1H3,(H,28,30)/t22-/m0/s1. The number of para-hydroxylation sites is 2. The normalized spacial score (nSPS) is 15.9. The maximum atomic E-state index is 13.4. The zero-order chi connectivity index (χ0) is 24.5. The first-order valence-electron chi connectivity index (χ1n) is 10.3. The summed E-state index contributed by atoms with van der Waals surface area (Å²) in [4.78, 5) is 12.9. The van der Waals surface area contributed by atoms with Crippen LogP contribution in [0.2, 0.25) is 0 Å². The number of halogens is 3. The SMILES string of the molecule is Cc1ccc(S(=O)(=O)N2C[C@@H](C(=O)NCc3cccc(C(F)(F)F)c3)Oc3ccccc32)cc1. The van der Waals surface area contributed by atoms with Crippen LogP contribution >= 0.6 is 0 Å². The summed E-state index contributed by atoms with van der Waals surface area (Å²) in [5.74, 6) is -0.431. The molecule has 1 aliphatic rings. The summed E-state index contributed by atoms with van der Waals surface area (Å²) in [5.41, 5.74) is 0.624. The molecule has 34 heavy (non-hydrogen) atoms. The number of benzene rings is 3. The van der Waals surface area contributed by atoms with E-state index < -0.39 is 33.8 Å². The third-order valence-corrected chi connectivity index (χ3v) is 7.15. The van der Waals surface area contributed by atoms with E-state index >= 15 is 0 Å². The number of sulfonamides is 1. The van der Waals surface area contributed by atoms with Crippen LogP contribution < -0.4 is 14.4 Å². The molecule has 0 radical (unpaired) electrons. The average molecular weight is 491 g/mol. The smallest absolute Gasteiger partial charge is 0.416 e. The Morgan fingerprint density at radius 3 is 2.47 bits per heavy atom. The highest BCUT2D eigenvalue weighted by Gasteiger charge is 2.37. The van der Waals surface area contributed by atoms with Gasteiger partial charge < -0.3 is 10.1 Å². The number of alkyl halides is 3. The fraction of sp³-hybridized carbons (Fsp3) is 0.208. The fourth-order valence-corrected chi connectivity index (χ4v) is 5.04. The molecule has 0 unspecified atom stereocenters. The molecular formula is C24H21F3N2O4S. The van der Waals surface area contributed by atoms with Crippen molar-refractivity contribution >= 4 is 21.6 Å². The summed E-state index contributed by atoms with van der Waals surface area (Å²) < 4.78 is 72.4. The summed E-state index contributed by atoms with van der Waals surface area (Å²) in [6.45, 7) is 1.38. The molecule has 0 spiro atoms. The van der Waals surface area contributed by atoms with Gasteiger partial charge in [-0.3, -0.25) is 9.10 Å². The first kappa shape index (κ1) is 23.6. The third kappa shape index (κ3) is 4.86. The van der Waals surface area contributed by atoms with E-state index in [0.29, 0.717) is 5.69 Å². The van der Waals surface area contributed by atoms with Crippen LogP contribution in [0.1, 0.15) is 16.7 Å². The predicted molar refractivity (Wildman–Crippen MR) is 120 cm³/mol. The van der Waals surface area contributed by atoms with Crippen LogP contribution in [0.15, 0.2) is 77.7 Å². The zero-order valence-electron chi connectivity index (χ0n) is 18.0. The van der Waals surface area contributed by atoms with E-state index in [9.17, 15) is 26.4 Å². The van der Waals surface area contributed by atoms with Crippen molar-refractivity contribution in [3.05, 3.63) is 89.5 Å². The lowest BCUT2D eigenvalue weighted by molar-refractivity contribution is -0.137. The molecule has 0 saturated heterocycles. The summed E-state index contributed by atoms with van der Waals surface area (Å²) >= 11 is 0. The van der Waals surface area contributed by atoms with Crippen molar-refractivity contribution in [2.75, 3.05) is 10.8 Å². The van der Waals surface area contributed by atoms with Crippen LogP contribution in [0.5, 0.6) is 5.75 Å². The molecule has 6 nitrogen and oxygen atoms in total. The Kier molecular flexibility index (Phi) is 6.26. The van der Waals surface area contributed by atoms with Crippen molar-refractivity contribution in [2.45, 2.75) is 30.6 Å². The van der Waals surface area contributed by atoms with Crippen molar-refractivity contribution in [2.24, 2.45) is 0 Å². The largest absolute Gasteiger partial charge is 0.476 e. The van der Waals surface area contributed by atoms with Crippen molar-refractivity contribution in [1.82, 2.24) is 5.32 Å². The Bertz CT molecular complexity index is 1310. The minimum atomic E-state index is -4.50. The van der Waals surface area contributed by atoms with Gasteiger partial charge in [-0.15, -0.1) is 0 Å². The Morgan fingerprint density at radius 2 is 1.76 bits per heavy atom. The van der Waals surface area contributed by atoms with Gasteiger partial charge in [-0.1, -0.05) is 42.0 Å². The Labute approximate surface area is 195 Å². The average Bonchev–Trinajstić information content (AvgIpc) is 2.81. The van der Waals surface area contributed by atoms with E-state index in [2.05, 4.69) is 5.32 Å². The highest BCUT2D eigenvalue weighted by atomic mass is 32.2. The van der Waals surface area contributed by atoms with Crippen LogP contribution in [0.3, 0.4) is 0 Å². The molecule has 0 aliphatic carbocycles. The van der Waals surface area contributed by atoms with E-state index in [1.165, 1.54) is 24.3 Å². The lowest BCUT2D eigenvalue weighted by Crippen LogP contribution is -2.50. The number of hydrogen-bond acceptors (Lipinski definition) is 4. The quantitative estimate of drug-likeness (QED) is 0.579. The van der Waals surface area contributed by atoms with Gasteiger partial charge in [0, 0.05) is 6.54 Å². The summed E-state index contributed by atoms with van der Waals surface area (Å²) in [5, 5.41) is 2.54. The Morgan fingerprint density at radius 1 is 1.06 bits per heavy atom. The maximum absolute atomic E-state index is 13.4. The topological polar surface area (TPSA) is 75.7 Å². The zero-order valence-corrected chi connectivity index (χ0v) is 18.9. The number of nitrogens with one attached hydrogen (secondary N) is 1. The van der Waals surface area contributed by atoms with Gasteiger partial charge in [0.1, 0.15) is 5.75 Å². The molecule has 10 heteroatoms. The van der Waals surface area contributed by atoms with Crippen LogP contribution in [0, 0.1) is 6.92 Å². The second-order valence-electron chi connectivity index (χ2n) is 7.84. The number of rotatable bonds is 5. The molecule has 0 saturated carbocycles. The number of ether oxygens (including phenoxy) is 1. The molecule has 1 N–H and O–H groups in total. The van der Waals surface area contributed by atoms with E-state index in [1.54, 1.807) is 36.4 Å². The first-order valence-corrected chi connectivity index (χ1v) is 11.8. The fourth-order valence-electron chi connectivity index (χ4n) is 3.56. The van der Waals surface area contributed by atoms with E-state index in [4.69, 9.17) is 4.74 Å². The van der Waals surface area contributed by atoms with Crippen LogP contribution in [0.25, 0.3) is 0 Å². The highest BCUT2D eigenvalue weighted by Crippen LogP contribution is 2.37. The van der Waals surface area contributed by atoms with Gasteiger partial charge in [0.15, 0.2) is 6.10 Å². The minimum absolute atomic E-state index is 0.0675. The minimum Gasteiger partial charge on any atom is -0.476 e. The van der Waals surface area contributed by atoms with Crippen molar-refractivity contribution in [3.63, 3.8) is 0 Å². The third-order valence-electron chi connectivity index (χ3n) is 5.36. The number of amides is 1. The molecule has 0 aromatic heterocycles. The number of nitrogens with zero attached hydrogens (tertiary/aromatic N) is 1. The van der Waals surface area contributed by atoms with Crippen molar-refractivity contribution in [3.8, 4) is 5.75 Å². The van der Waals surface area contributed by atoms with Crippen LogP contribution in [-0.4, -0.2) is 27.0 Å². The van der Waals surface area contributed by atoms with Gasteiger partial charge in [-0.05, 0) is 48.9 Å². The molecule has 1 heterocycles. The van der Waals surface area contributed by atoms with E-state index in [1.807, 2.05) is 6.92 Å². The molecule has 0 fully saturated rings. The molecular weight excluding hydrogens is 469 g/mol. The lowest BCUT2D eigenvalue weighted by Gasteiger charge is -2.34. The molecule has 4 rings (SSSR count). The molecule has 3 aromatic carbocycles. The van der Waals surface area contributed by atoms with Crippen LogP contribution in [-0.2, 0) is 27.5 Å². The second-order valence-corrected chi connectivity index (χ2v) is 9.70. The predicted octanol–water partition coefficient (Wildman–Crippen LogP) is 4.29. The van der Waals surface area contributed by atoms with Crippen molar-refractivity contribution in [1.29, 1.82) is 0 Å². The molecule has 0 bridgehead atoms. The van der Waals surface area contributed by atoms with E-state index in [0.717, 1.165) is 22.0 Å². The molecule has 178 valence electrons. The second kappa shape index (κ2) is 9.02. The van der Waals surface area contributed by atoms with E-state index in [-0.39, 0.29) is 29.3 Å². The monoisotopic (exact) mass is 490 g/mol. The van der Waals surface area contributed by atoms with Crippen LogP contribution in [0.4, 0.5) is 18.9 Å². The Balaban J connectivity index is 1.56. The molecule has 3 aromatic rings. The number of fused-ring (bicyclic) bond motifs is 1. The van der Waals surface area contributed by atoms with Gasteiger partial charge in [-0.2, -0.15) is 13.2 Å². The molecule has 1 aliphatic heterocycles. The number of carbonyl (C=O) groups excluding carboxylic acids is 1. The van der Waals surface area contributed by atoms with Gasteiger partial charge in [-0.25, -0.2) is 8.42 Å². The van der Waals surface area contributed by atoms with Gasteiger partial charge in [0.05, 0.1) is 22.7 Å². The molecule has 1 atom stereocenters.